The average molecular weight is 253 g/mol. The van der Waals surface area contributed by atoms with Crippen LogP contribution in [-0.4, -0.2) is 9.97 Å². The molecule has 0 saturated heterocycles. The van der Waals surface area contributed by atoms with E-state index in [1.807, 2.05) is 48.0 Å². The largest absolute Gasteiger partial charge is 0.399 e. The van der Waals surface area contributed by atoms with Gasteiger partial charge < -0.3 is 5.73 Å². The minimum absolute atomic E-state index is 0.755. The van der Waals surface area contributed by atoms with Gasteiger partial charge >= 0.3 is 0 Å². The molecule has 0 aliphatic heterocycles. The topological polar surface area (TPSA) is 51.8 Å². The van der Waals surface area contributed by atoms with Crippen molar-refractivity contribution in [3.8, 4) is 21.8 Å². The monoisotopic (exact) mass is 253 g/mol. The second kappa shape index (κ2) is 4.58. The molecule has 0 aliphatic rings. The van der Waals surface area contributed by atoms with Gasteiger partial charge in [0, 0.05) is 34.6 Å². The SMILES string of the molecule is Nc1cccc(-c2nc(-c3cccnc3)cs2)c1. The Morgan fingerprint density at radius 3 is 2.72 bits per heavy atom. The summed E-state index contributed by atoms with van der Waals surface area (Å²) in [5.74, 6) is 0. The van der Waals surface area contributed by atoms with Crippen molar-refractivity contribution >= 4 is 17.0 Å². The molecule has 3 nitrogen and oxygen atoms in total. The zero-order valence-electron chi connectivity index (χ0n) is 9.58. The lowest BCUT2D eigenvalue weighted by molar-refractivity contribution is 1.31. The maximum atomic E-state index is 5.78. The Labute approximate surface area is 109 Å². The van der Waals surface area contributed by atoms with Crippen LogP contribution in [0.1, 0.15) is 0 Å². The van der Waals surface area contributed by atoms with Crippen molar-refractivity contribution in [1.29, 1.82) is 0 Å². The van der Waals surface area contributed by atoms with Gasteiger partial charge in [0.15, 0.2) is 0 Å². The van der Waals surface area contributed by atoms with Crippen molar-refractivity contribution in [1.82, 2.24) is 9.97 Å². The van der Waals surface area contributed by atoms with E-state index < -0.39 is 0 Å². The molecule has 0 bridgehead atoms. The summed E-state index contributed by atoms with van der Waals surface area (Å²) < 4.78 is 0. The normalized spacial score (nSPS) is 10.4. The first-order valence-corrected chi connectivity index (χ1v) is 6.43. The fraction of sp³-hybridized carbons (Fsp3) is 0. The number of nitrogens with zero attached hydrogens (tertiary/aromatic N) is 2. The van der Waals surface area contributed by atoms with E-state index in [1.165, 1.54) is 0 Å². The van der Waals surface area contributed by atoms with Crippen LogP contribution in [0.25, 0.3) is 21.8 Å². The average Bonchev–Trinajstić information content (AvgIpc) is 2.89. The van der Waals surface area contributed by atoms with E-state index in [-0.39, 0.29) is 0 Å². The first kappa shape index (κ1) is 10.9. The Morgan fingerprint density at radius 2 is 1.94 bits per heavy atom. The molecule has 2 aromatic heterocycles. The summed E-state index contributed by atoms with van der Waals surface area (Å²) in [7, 11) is 0. The summed E-state index contributed by atoms with van der Waals surface area (Å²) in [4.78, 5) is 8.72. The number of hydrogen-bond acceptors (Lipinski definition) is 4. The molecule has 0 amide bonds. The second-order valence-electron chi connectivity index (χ2n) is 3.91. The number of nitrogens with two attached hydrogens (primary N) is 1. The Hall–Kier alpha value is -2.20. The number of aromatic nitrogens is 2. The van der Waals surface area contributed by atoms with Gasteiger partial charge in [-0.1, -0.05) is 12.1 Å². The van der Waals surface area contributed by atoms with Crippen molar-refractivity contribution in [2.75, 3.05) is 5.73 Å². The first-order chi connectivity index (χ1) is 8.83. The Morgan fingerprint density at radius 1 is 1.06 bits per heavy atom. The summed E-state index contributed by atoms with van der Waals surface area (Å²) in [6.45, 7) is 0. The molecule has 3 rings (SSSR count). The predicted octanol–water partition coefficient (Wildman–Crippen LogP) is 3.45. The van der Waals surface area contributed by atoms with Crippen molar-refractivity contribution in [3.05, 3.63) is 54.2 Å². The van der Waals surface area contributed by atoms with E-state index in [0.717, 1.165) is 27.5 Å². The van der Waals surface area contributed by atoms with Crippen LogP contribution in [0, 0.1) is 0 Å². The van der Waals surface area contributed by atoms with Crippen LogP contribution in [0.3, 0.4) is 0 Å². The highest BCUT2D eigenvalue weighted by Gasteiger charge is 2.06. The summed E-state index contributed by atoms with van der Waals surface area (Å²) in [5.41, 5.74) is 9.57. The third-order valence-corrected chi connectivity index (χ3v) is 3.49. The van der Waals surface area contributed by atoms with Crippen LogP contribution in [-0.2, 0) is 0 Å². The number of pyridine rings is 1. The van der Waals surface area contributed by atoms with Gasteiger partial charge in [-0.2, -0.15) is 0 Å². The zero-order valence-corrected chi connectivity index (χ0v) is 10.4. The summed E-state index contributed by atoms with van der Waals surface area (Å²) >= 11 is 1.61. The fourth-order valence-electron chi connectivity index (χ4n) is 1.72. The van der Waals surface area contributed by atoms with Crippen LogP contribution < -0.4 is 5.73 Å². The van der Waals surface area contributed by atoms with E-state index in [4.69, 9.17) is 5.73 Å². The first-order valence-electron chi connectivity index (χ1n) is 5.55. The number of benzene rings is 1. The lowest BCUT2D eigenvalue weighted by Gasteiger charge is -1.98. The van der Waals surface area contributed by atoms with Crippen LogP contribution >= 0.6 is 11.3 Å². The molecule has 3 aromatic rings. The number of rotatable bonds is 2. The van der Waals surface area contributed by atoms with Gasteiger partial charge in [0.1, 0.15) is 5.01 Å². The maximum absolute atomic E-state index is 5.78. The highest BCUT2D eigenvalue weighted by Crippen LogP contribution is 2.29. The van der Waals surface area contributed by atoms with Gasteiger partial charge in [0.25, 0.3) is 0 Å². The molecule has 0 saturated carbocycles. The molecule has 0 aliphatic carbocycles. The predicted molar refractivity (Wildman–Crippen MR) is 75.2 cm³/mol. The van der Waals surface area contributed by atoms with Gasteiger partial charge in [-0.15, -0.1) is 11.3 Å². The van der Waals surface area contributed by atoms with Gasteiger partial charge in [0.05, 0.1) is 5.69 Å². The highest BCUT2D eigenvalue weighted by atomic mass is 32.1. The quantitative estimate of drug-likeness (QED) is 0.712. The number of nitrogen functional groups attached to an aromatic ring is 1. The van der Waals surface area contributed by atoms with E-state index in [1.54, 1.807) is 17.5 Å². The van der Waals surface area contributed by atoms with Gasteiger partial charge in [0.2, 0.25) is 0 Å². The van der Waals surface area contributed by atoms with Crippen LogP contribution in [0.5, 0.6) is 0 Å². The van der Waals surface area contributed by atoms with Crippen molar-refractivity contribution < 1.29 is 0 Å². The van der Waals surface area contributed by atoms with Crippen molar-refractivity contribution in [2.24, 2.45) is 0 Å². The molecule has 18 heavy (non-hydrogen) atoms. The van der Waals surface area contributed by atoms with E-state index >= 15 is 0 Å². The van der Waals surface area contributed by atoms with Crippen LogP contribution in [0.2, 0.25) is 0 Å². The third kappa shape index (κ3) is 2.10. The summed E-state index contributed by atoms with van der Waals surface area (Å²) in [6, 6.07) is 11.7. The van der Waals surface area contributed by atoms with Gasteiger partial charge in [-0.3, -0.25) is 4.98 Å². The van der Waals surface area contributed by atoms with E-state index in [0.29, 0.717) is 0 Å². The van der Waals surface area contributed by atoms with Gasteiger partial charge in [-0.05, 0) is 24.3 Å². The summed E-state index contributed by atoms with van der Waals surface area (Å²) in [5, 5.41) is 3.01. The van der Waals surface area contributed by atoms with E-state index in [2.05, 4.69) is 9.97 Å². The van der Waals surface area contributed by atoms with Crippen LogP contribution in [0.4, 0.5) is 5.69 Å². The van der Waals surface area contributed by atoms with Crippen molar-refractivity contribution in [3.63, 3.8) is 0 Å². The molecule has 0 atom stereocenters. The molecule has 2 heterocycles. The Balaban J connectivity index is 2.00. The third-order valence-electron chi connectivity index (χ3n) is 2.60. The van der Waals surface area contributed by atoms with E-state index in [9.17, 15) is 0 Å². The number of anilines is 1. The molecule has 4 heteroatoms. The number of thiazole rings is 1. The number of hydrogen-bond donors (Lipinski definition) is 1. The molecular formula is C14H11N3S. The molecule has 0 fully saturated rings. The minimum atomic E-state index is 0.755. The lowest BCUT2D eigenvalue weighted by atomic mass is 10.2. The lowest BCUT2D eigenvalue weighted by Crippen LogP contribution is -1.85. The zero-order chi connectivity index (χ0) is 12.4. The van der Waals surface area contributed by atoms with Crippen LogP contribution in [0.15, 0.2) is 54.2 Å². The molecule has 0 radical (unpaired) electrons. The smallest absolute Gasteiger partial charge is 0.124 e. The molecule has 2 N–H and O–H groups in total. The van der Waals surface area contributed by atoms with Gasteiger partial charge in [-0.25, -0.2) is 4.98 Å². The maximum Gasteiger partial charge on any atom is 0.124 e. The Kier molecular flexibility index (Phi) is 2.78. The molecule has 0 spiro atoms. The molecule has 88 valence electrons. The summed E-state index contributed by atoms with van der Waals surface area (Å²) in [6.07, 6.45) is 3.58. The Bertz CT molecular complexity index is 662. The highest BCUT2D eigenvalue weighted by molar-refractivity contribution is 7.13. The minimum Gasteiger partial charge on any atom is -0.399 e. The standard InChI is InChI=1S/C14H11N3S/c15-12-5-1-3-10(7-12)14-17-13(9-18-14)11-4-2-6-16-8-11/h1-9H,15H2. The fourth-order valence-corrected chi connectivity index (χ4v) is 2.55. The second-order valence-corrected chi connectivity index (χ2v) is 4.76. The van der Waals surface area contributed by atoms with Crippen molar-refractivity contribution in [2.45, 2.75) is 0 Å². The molecule has 1 aromatic carbocycles. The molecule has 0 unspecified atom stereocenters. The molecular weight excluding hydrogens is 242 g/mol.